The highest BCUT2D eigenvalue weighted by atomic mass is 79.9. The number of carbonyl (C=O) groups is 1. The molecule has 0 N–H and O–H groups in total. The Morgan fingerprint density at radius 1 is 1.18 bits per heavy atom. The molecule has 114 valence electrons. The molecule has 1 aliphatic rings. The summed E-state index contributed by atoms with van der Waals surface area (Å²) < 4.78 is 7.43. The second-order valence-corrected chi connectivity index (χ2v) is 6.95. The van der Waals surface area contributed by atoms with E-state index in [0.29, 0.717) is 13.2 Å². The Balaban J connectivity index is 1.77. The molecule has 1 heterocycles. The van der Waals surface area contributed by atoms with Gasteiger partial charge in [0.05, 0.1) is 5.69 Å². The third kappa shape index (κ3) is 3.36. The second-order valence-electron chi connectivity index (χ2n) is 5.18. The van der Waals surface area contributed by atoms with E-state index in [1.54, 1.807) is 4.90 Å². The maximum absolute atomic E-state index is 12.4. The Bertz CT molecular complexity index is 689. The van der Waals surface area contributed by atoms with E-state index < -0.39 is 0 Å². The van der Waals surface area contributed by atoms with Crippen molar-refractivity contribution in [3.05, 3.63) is 62.5 Å². The van der Waals surface area contributed by atoms with E-state index in [2.05, 4.69) is 31.9 Å². The van der Waals surface area contributed by atoms with Crippen LogP contribution in [0.15, 0.2) is 51.4 Å². The number of ether oxygens (including phenoxy) is 1. The Kier molecular flexibility index (Phi) is 4.84. The summed E-state index contributed by atoms with van der Waals surface area (Å²) in [6, 6.07) is 13.7. The monoisotopic (exact) mass is 423 g/mol. The predicted octanol–water partition coefficient (Wildman–Crippen LogP) is 5.30. The Labute approximate surface area is 146 Å². The van der Waals surface area contributed by atoms with Crippen LogP contribution in [-0.4, -0.2) is 12.6 Å². The number of hydrogen-bond donors (Lipinski definition) is 0. The first-order valence-electron chi connectivity index (χ1n) is 7.11. The van der Waals surface area contributed by atoms with Gasteiger partial charge in [-0.1, -0.05) is 62.2 Å². The van der Waals surface area contributed by atoms with Crippen molar-refractivity contribution in [1.82, 2.24) is 0 Å². The van der Waals surface area contributed by atoms with Crippen LogP contribution in [0.2, 0.25) is 0 Å². The van der Waals surface area contributed by atoms with Gasteiger partial charge < -0.3 is 4.74 Å². The largest absolute Gasteiger partial charge is 0.444 e. The second kappa shape index (κ2) is 6.84. The molecule has 0 unspecified atom stereocenters. The normalized spacial score (nSPS) is 13.6. The number of rotatable bonds is 2. The average Bonchev–Trinajstić information content (AvgIpc) is 2.53. The van der Waals surface area contributed by atoms with Crippen LogP contribution < -0.4 is 4.90 Å². The van der Waals surface area contributed by atoms with Gasteiger partial charge in [0.2, 0.25) is 0 Å². The van der Waals surface area contributed by atoms with E-state index in [9.17, 15) is 4.79 Å². The minimum absolute atomic E-state index is 0.292. The van der Waals surface area contributed by atoms with E-state index in [0.717, 1.165) is 38.6 Å². The zero-order chi connectivity index (χ0) is 15.5. The van der Waals surface area contributed by atoms with Crippen molar-refractivity contribution >= 4 is 43.6 Å². The number of fused-ring (bicyclic) bond motifs is 1. The molecule has 0 saturated heterocycles. The van der Waals surface area contributed by atoms with Crippen molar-refractivity contribution in [2.45, 2.75) is 19.4 Å². The Morgan fingerprint density at radius 2 is 1.95 bits per heavy atom. The smallest absolute Gasteiger partial charge is 0.414 e. The summed E-state index contributed by atoms with van der Waals surface area (Å²) in [6.07, 6.45) is 1.61. The number of amides is 1. The minimum atomic E-state index is -0.296. The summed E-state index contributed by atoms with van der Waals surface area (Å²) in [7, 11) is 0. The zero-order valence-corrected chi connectivity index (χ0v) is 15.1. The molecule has 0 aliphatic carbocycles. The van der Waals surface area contributed by atoms with Crippen LogP contribution >= 0.6 is 31.9 Å². The topological polar surface area (TPSA) is 29.5 Å². The maximum atomic E-state index is 12.4. The van der Waals surface area contributed by atoms with Crippen LogP contribution in [0, 0.1) is 0 Å². The number of hydrogen-bond acceptors (Lipinski definition) is 2. The van der Waals surface area contributed by atoms with Crippen LogP contribution in [0.25, 0.3) is 0 Å². The number of nitrogens with zero attached hydrogens (tertiary/aromatic N) is 1. The lowest BCUT2D eigenvalue weighted by Gasteiger charge is -2.29. The van der Waals surface area contributed by atoms with Gasteiger partial charge in [0.15, 0.2) is 0 Å². The third-order valence-corrected chi connectivity index (χ3v) is 4.83. The molecular formula is C17H15Br2NO2. The molecule has 0 aromatic heterocycles. The zero-order valence-electron chi connectivity index (χ0n) is 11.9. The predicted molar refractivity (Wildman–Crippen MR) is 94.1 cm³/mol. The molecule has 0 saturated carbocycles. The van der Waals surface area contributed by atoms with Crippen molar-refractivity contribution in [1.29, 1.82) is 0 Å². The fraction of sp³-hybridized carbons (Fsp3) is 0.235. The Hall–Kier alpha value is -1.33. The molecule has 0 bridgehead atoms. The summed E-state index contributed by atoms with van der Waals surface area (Å²) in [5.41, 5.74) is 3.07. The first-order chi connectivity index (χ1) is 10.6. The molecule has 1 amide bonds. The van der Waals surface area contributed by atoms with E-state index in [1.165, 1.54) is 0 Å². The average molecular weight is 425 g/mol. The minimum Gasteiger partial charge on any atom is -0.444 e. The van der Waals surface area contributed by atoms with E-state index in [1.807, 2.05) is 42.5 Å². The first kappa shape index (κ1) is 15.6. The summed E-state index contributed by atoms with van der Waals surface area (Å²) in [5.74, 6) is 0. The highest BCUT2D eigenvalue weighted by Gasteiger charge is 2.25. The fourth-order valence-electron chi connectivity index (χ4n) is 2.60. The molecule has 2 aromatic rings. The van der Waals surface area contributed by atoms with Gasteiger partial charge >= 0.3 is 6.09 Å². The standard InChI is InChI=1S/C17H15Br2NO2/c18-13-9-15(19)14-7-4-8-20(16(14)10-13)17(21)22-11-12-5-2-1-3-6-12/h1-3,5-6,9-10H,4,7-8,11H2. The van der Waals surface area contributed by atoms with Gasteiger partial charge in [0.25, 0.3) is 0 Å². The fourth-order valence-corrected chi connectivity index (χ4v) is 4.00. The van der Waals surface area contributed by atoms with Crippen LogP contribution in [-0.2, 0) is 17.8 Å². The highest BCUT2D eigenvalue weighted by Crippen LogP contribution is 2.36. The summed E-state index contributed by atoms with van der Waals surface area (Å²) in [5, 5.41) is 0. The first-order valence-corrected chi connectivity index (χ1v) is 8.70. The van der Waals surface area contributed by atoms with Gasteiger partial charge in [0.1, 0.15) is 6.61 Å². The van der Waals surface area contributed by atoms with Gasteiger partial charge in [-0.3, -0.25) is 4.90 Å². The summed E-state index contributed by atoms with van der Waals surface area (Å²) >= 11 is 7.06. The molecule has 0 radical (unpaired) electrons. The number of anilines is 1. The summed E-state index contributed by atoms with van der Waals surface area (Å²) in [6.45, 7) is 0.976. The van der Waals surface area contributed by atoms with Gasteiger partial charge in [0, 0.05) is 15.5 Å². The molecule has 5 heteroatoms. The SMILES string of the molecule is O=C(OCc1ccccc1)N1CCCc2c(Br)cc(Br)cc21. The van der Waals surface area contributed by atoms with Crippen molar-refractivity contribution in [2.24, 2.45) is 0 Å². The molecule has 2 aromatic carbocycles. The number of halogens is 2. The Morgan fingerprint density at radius 3 is 2.73 bits per heavy atom. The molecule has 3 nitrogen and oxygen atoms in total. The highest BCUT2D eigenvalue weighted by molar-refractivity contribution is 9.11. The van der Waals surface area contributed by atoms with Gasteiger partial charge in [-0.25, -0.2) is 4.79 Å². The van der Waals surface area contributed by atoms with Crippen LogP contribution in [0.3, 0.4) is 0 Å². The van der Waals surface area contributed by atoms with E-state index in [4.69, 9.17) is 4.74 Å². The molecule has 0 atom stereocenters. The lowest BCUT2D eigenvalue weighted by molar-refractivity contribution is 0.146. The lowest BCUT2D eigenvalue weighted by Crippen LogP contribution is -2.36. The van der Waals surface area contributed by atoms with Crippen molar-refractivity contribution < 1.29 is 9.53 Å². The molecule has 1 aliphatic heterocycles. The van der Waals surface area contributed by atoms with E-state index in [-0.39, 0.29) is 6.09 Å². The maximum Gasteiger partial charge on any atom is 0.414 e. The van der Waals surface area contributed by atoms with E-state index >= 15 is 0 Å². The third-order valence-electron chi connectivity index (χ3n) is 3.66. The van der Waals surface area contributed by atoms with Gasteiger partial charge in [-0.05, 0) is 36.1 Å². The number of benzene rings is 2. The quantitative estimate of drug-likeness (QED) is 0.654. The summed E-state index contributed by atoms with van der Waals surface area (Å²) in [4.78, 5) is 14.1. The molecule has 0 fully saturated rings. The van der Waals surface area contributed by atoms with Gasteiger partial charge in [-0.15, -0.1) is 0 Å². The molecular weight excluding hydrogens is 410 g/mol. The van der Waals surface area contributed by atoms with Crippen molar-refractivity contribution in [3.63, 3.8) is 0 Å². The van der Waals surface area contributed by atoms with Crippen molar-refractivity contribution in [2.75, 3.05) is 11.4 Å². The molecule has 3 rings (SSSR count). The van der Waals surface area contributed by atoms with Crippen molar-refractivity contribution in [3.8, 4) is 0 Å². The molecule has 22 heavy (non-hydrogen) atoms. The number of carbonyl (C=O) groups excluding carboxylic acids is 1. The van der Waals surface area contributed by atoms with Crippen LogP contribution in [0.1, 0.15) is 17.5 Å². The van der Waals surface area contributed by atoms with Crippen LogP contribution in [0.5, 0.6) is 0 Å². The lowest BCUT2D eigenvalue weighted by atomic mass is 10.0. The molecule has 0 spiro atoms. The van der Waals surface area contributed by atoms with Gasteiger partial charge in [-0.2, -0.15) is 0 Å². The van der Waals surface area contributed by atoms with Crippen LogP contribution in [0.4, 0.5) is 10.5 Å².